The molecule has 0 saturated carbocycles. The van der Waals surface area contributed by atoms with E-state index in [-0.39, 0.29) is 37.1 Å². The van der Waals surface area contributed by atoms with Crippen molar-refractivity contribution in [3.63, 3.8) is 0 Å². The lowest BCUT2D eigenvalue weighted by Crippen LogP contribution is -2.42. The van der Waals surface area contributed by atoms with Gasteiger partial charge in [0.1, 0.15) is 18.5 Å². The molecule has 1 aromatic carbocycles. The monoisotopic (exact) mass is 671 g/mol. The molecule has 6 rings (SSSR count). The number of aromatic nitrogens is 4. The van der Waals surface area contributed by atoms with Gasteiger partial charge in [-0.1, -0.05) is 19.9 Å². The maximum Gasteiger partial charge on any atom is 0.419 e. The SMILES string of the molecule is Cc1c(-c2c(C(C)C)c3cc(C4CCN(CC(N)=O)CC4)ccc3n2C(=O)OCC2CCCN2C(=O)OC(C)(C)C)cn2ncnc2c1C. The van der Waals surface area contributed by atoms with Gasteiger partial charge in [-0.05, 0) is 120 Å². The zero-order valence-electron chi connectivity index (χ0n) is 29.8. The average molecular weight is 672 g/mol. The molecule has 12 heteroatoms. The van der Waals surface area contributed by atoms with Crippen LogP contribution in [0.3, 0.4) is 0 Å². The van der Waals surface area contributed by atoms with Crippen LogP contribution >= 0.6 is 0 Å². The molecular weight excluding hydrogens is 622 g/mol. The van der Waals surface area contributed by atoms with E-state index >= 15 is 0 Å². The van der Waals surface area contributed by atoms with Crippen LogP contribution in [0.15, 0.2) is 30.7 Å². The Morgan fingerprint density at radius 1 is 1.02 bits per heavy atom. The van der Waals surface area contributed by atoms with E-state index in [0.717, 1.165) is 83.3 Å². The summed E-state index contributed by atoms with van der Waals surface area (Å²) in [6, 6.07) is 6.13. The molecule has 2 saturated heterocycles. The van der Waals surface area contributed by atoms with E-state index in [4.69, 9.17) is 15.2 Å². The van der Waals surface area contributed by atoms with Crippen molar-refractivity contribution in [1.29, 1.82) is 0 Å². The average Bonchev–Trinajstić information content (AvgIpc) is 3.78. The van der Waals surface area contributed by atoms with Gasteiger partial charge in [-0.2, -0.15) is 5.10 Å². The highest BCUT2D eigenvalue weighted by Crippen LogP contribution is 2.42. The Balaban J connectivity index is 1.41. The van der Waals surface area contributed by atoms with Gasteiger partial charge < -0.3 is 20.1 Å². The number of fused-ring (bicyclic) bond motifs is 2. The fourth-order valence-electron chi connectivity index (χ4n) is 7.51. The van der Waals surface area contributed by atoms with Crippen LogP contribution in [-0.2, 0) is 14.3 Å². The fourth-order valence-corrected chi connectivity index (χ4v) is 7.51. The summed E-state index contributed by atoms with van der Waals surface area (Å²) < 4.78 is 15.2. The van der Waals surface area contributed by atoms with Gasteiger partial charge in [-0.15, -0.1) is 0 Å². The van der Waals surface area contributed by atoms with Crippen LogP contribution in [0.2, 0.25) is 0 Å². The second kappa shape index (κ2) is 13.5. The summed E-state index contributed by atoms with van der Waals surface area (Å²) in [6.07, 6.45) is 5.99. The molecule has 0 aliphatic carbocycles. The van der Waals surface area contributed by atoms with Crippen LogP contribution in [0, 0.1) is 13.8 Å². The number of benzene rings is 1. The number of primary amides is 1. The van der Waals surface area contributed by atoms with Gasteiger partial charge >= 0.3 is 12.2 Å². The molecule has 2 N–H and O–H groups in total. The minimum absolute atomic E-state index is 0.0658. The third-order valence-electron chi connectivity index (χ3n) is 10.0. The maximum atomic E-state index is 14.4. The molecular formula is C37H49N7O5. The Bertz CT molecular complexity index is 1890. The minimum Gasteiger partial charge on any atom is -0.447 e. The van der Waals surface area contributed by atoms with E-state index in [9.17, 15) is 14.4 Å². The molecule has 2 fully saturated rings. The van der Waals surface area contributed by atoms with E-state index in [0.29, 0.717) is 12.5 Å². The van der Waals surface area contributed by atoms with Crippen LogP contribution in [0.4, 0.5) is 9.59 Å². The van der Waals surface area contributed by atoms with E-state index < -0.39 is 11.7 Å². The number of carbonyl (C=O) groups is 3. The van der Waals surface area contributed by atoms with Crippen molar-refractivity contribution in [2.45, 2.75) is 97.6 Å². The van der Waals surface area contributed by atoms with Crippen molar-refractivity contribution in [2.24, 2.45) is 5.73 Å². The number of hydrogen-bond donors (Lipinski definition) is 1. The van der Waals surface area contributed by atoms with Gasteiger partial charge in [0.2, 0.25) is 5.91 Å². The van der Waals surface area contributed by atoms with E-state index in [2.05, 4.69) is 47.9 Å². The number of pyridine rings is 1. The Kier molecular flexibility index (Phi) is 9.45. The van der Waals surface area contributed by atoms with Gasteiger partial charge in [0.05, 0.1) is 23.8 Å². The van der Waals surface area contributed by atoms with Crippen LogP contribution < -0.4 is 5.73 Å². The third-order valence-corrected chi connectivity index (χ3v) is 10.0. The zero-order chi connectivity index (χ0) is 35.2. The molecule has 2 aliphatic rings. The first-order valence-corrected chi connectivity index (χ1v) is 17.4. The lowest BCUT2D eigenvalue weighted by molar-refractivity contribution is -0.119. The lowest BCUT2D eigenvalue weighted by Gasteiger charge is -2.31. The number of nitrogens with two attached hydrogens (primary N) is 1. The van der Waals surface area contributed by atoms with Crippen LogP contribution in [-0.4, -0.2) is 91.5 Å². The molecule has 3 aromatic heterocycles. The number of rotatable bonds is 7. The quantitative estimate of drug-likeness (QED) is 0.247. The van der Waals surface area contributed by atoms with Gasteiger partial charge in [0.25, 0.3) is 0 Å². The topological polar surface area (TPSA) is 137 Å². The second-order valence-electron chi connectivity index (χ2n) is 14.9. The van der Waals surface area contributed by atoms with Crippen molar-refractivity contribution in [1.82, 2.24) is 29.0 Å². The number of ether oxygens (including phenoxy) is 2. The number of hydrogen-bond acceptors (Lipinski definition) is 8. The molecule has 262 valence electrons. The van der Waals surface area contributed by atoms with Crippen LogP contribution in [0.5, 0.6) is 0 Å². The Morgan fingerprint density at radius 2 is 1.76 bits per heavy atom. The van der Waals surface area contributed by atoms with Crippen molar-refractivity contribution in [2.75, 3.05) is 32.8 Å². The highest BCUT2D eigenvalue weighted by atomic mass is 16.6. The Labute approximate surface area is 287 Å². The molecule has 1 unspecified atom stereocenters. The predicted octanol–water partition coefficient (Wildman–Crippen LogP) is 6.14. The van der Waals surface area contributed by atoms with Crippen LogP contribution in [0.25, 0.3) is 27.8 Å². The minimum atomic E-state index is -0.617. The number of nitrogens with zero attached hydrogens (tertiary/aromatic N) is 6. The van der Waals surface area contributed by atoms with Gasteiger partial charge in [-0.3, -0.25) is 9.69 Å². The summed E-state index contributed by atoms with van der Waals surface area (Å²) in [7, 11) is 0. The summed E-state index contributed by atoms with van der Waals surface area (Å²) in [5.74, 6) is 0.0918. The molecule has 2 amide bonds. The standard InChI is InChI=1S/C37H49N7O5/c1-22(2)32-28-17-26(25-12-15-41(16-13-25)19-31(38)45)10-11-30(28)44(33(32)29-18-43-34(39-21-40-43)24(4)23(29)3)36(47)48-20-27-9-8-14-42(27)35(46)49-37(5,6)7/h10-11,17-18,21-22,25,27H,8-9,12-16,19-20H2,1-7H3,(H2,38,45). The first kappa shape index (κ1) is 34.4. The number of amides is 2. The number of aryl methyl sites for hydroxylation is 1. The second-order valence-corrected chi connectivity index (χ2v) is 14.9. The number of likely N-dealkylation sites (tertiary alicyclic amines) is 2. The predicted molar refractivity (Wildman–Crippen MR) is 188 cm³/mol. The summed E-state index contributed by atoms with van der Waals surface area (Å²) in [4.78, 5) is 47.1. The third kappa shape index (κ3) is 6.88. The lowest BCUT2D eigenvalue weighted by atomic mass is 9.87. The molecule has 0 spiro atoms. The molecule has 1 atom stereocenters. The normalized spacial score (nSPS) is 17.8. The molecule has 12 nitrogen and oxygen atoms in total. The zero-order valence-corrected chi connectivity index (χ0v) is 29.8. The summed E-state index contributed by atoms with van der Waals surface area (Å²) >= 11 is 0. The van der Waals surface area contributed by atoms with E-state index in [1.807, 2.05) is 40.0 Å². The number of carbonyl (C=O) groups excluding carboxylic acids is 3. The maximum absolute atomic E-state index is 14.4. The molecule has 2 aliphatic heterocycles. The van der Waals surface area contributed by atoms with Crippen LogP contribution in [0.1, 0.15) is 94.4 Å². The van der Waals surface area contributed by atoms with E-state index in [1.165, 1.54) is 11.9 Å². The molecule has 0 bridgehead atoms. The Morgan fingerprint density at radius 3 is 2.43 bits per heavy atom. The summed E-state index contributed by atoms with van der Waals surface area (Å²) in [5.41, 5.74) is 12.3. The smallest absolute Gasteiger partial charge is 0.419 e. The fraction of sp³-hybridized carbons (Fsp3) is 0.541. The van der Waals surface area contributed by atoms with Crippen molar-refractivity contribution in [3.05, 3.63) is 53.0 Å². The number of piperidine rings is 1. The molecule has 49 heavy (non-hydrogen) atoms. The first-order chi connectivity index (χ1) is 23.2. The highest BCUT2D eigenvalue weighted by molar-refractivity contribution is 6.01. The highest BCUT2D eigenvalue weighted by Gasteiger charge is 2.34. The first-order valence-electron chi connectivity index (χ1n) is 17.4. The molecule has 4 aromatic rings. The summed E-state index contributed by atoms with van der Waals surface area (Å²) in [6.45, 7) is 16.4. The van der Waals surface area contributed by atoms with Gasteiger partial charge in [-0.25, -0.2) is 23.7 Å². The van der Waals surface area contributed by atoms with Gasteiger partial charge in [0, 0.05) is 23.7 Å². The summed E-state index contributed by atoms with van der Waals surface area (Å²) in [5, 5.41) is 5.45. The van der Waals surface area contributed by atoms with E-state index in [1.54, 1.807) is 14.0 Å². The van der Waals surface area contributed by atoms with Crippen molar-refractivity contribution >= 4 is 34.6 Å². The molecule has 5 heterocycles. The van der Waals surface area contributed by atoms with Gasteiger partial charge in [0.15, 0.2) is 5.65 Å². The molecule has 0 radical (unpaired) electrons. The van der Waals surface area contributed by atoms with Crippen molar-refractivity contribution in [3.8, 4) is 11.3 Å². The largest absolute Gasteiger partial charge is 0.447 e. The Hall–Kier alpha value is -4.45. The van der Waals surface area contributed by atoms with Crippen molar-refractivity contribution < 1.29 is 23.9 Å².